The molecule has 2 amide bonds. The van der Waals surface area contributed by atoms with E-state index < -0.39 is 39.6 Å². The second kappa shape index (κ2) is 7.06. The van der Waals surface area contributed by atoms with Crippen LogP contribution in [0.4, 0.5) is 5.69 Å². The minimum atomic E-state index is -4.78. The zero-order valence-electron chi connectivity index (χ0n) is 14.7. The molecule has 1 fully saturated rings. The summed E-state index contributed by atoms with van der Waals surface area (Å²) in [6.45, 7) is 1.39. The molecule has 9 nitrogen and oxygen atoms in total. The van der Waals surface area contributed by atoms with Crippen molar-refractivity contribution in [2.75, 3.05) is 5.73 Å². The lowest BCUT2D eigenvalue weighted by Gasteiger charge is -2.13. The van der Waals surface area contributed by atoms with E-state index in [1.165, 1.54) is 13.0 Å². The Kier molecular flexibility index (Phi) is 4.92. The van der Waals surface area contributed by atoms with Gasteiger partial charge in [0.1, 0.15) is 0 Å². The van der Waals surface area contributed by atoms with Crippen LogP contribution in [0.1, 0.15) is 18.9 Å². The van der Waals surface area contributed by atoms with Gasteiger partial charge in [-0.1, -0.05) is 24.3 Å². The summed E-state index contributed by atoms with van der Waals surface area (Å²) >= 11 is 0. The van der Waals surface area contributed by atoms with Crippen molar-refractivity contribution in [1.82, 2.24) is 5.06 Å². The number of anilines is 1. The average Bonchev–Trinajstić information content (AvgIpc) is 2.90. The number of amides is 2. The molecule has 0 radical (unpaired) electrons. The Morgan fingerprint density at radius 1 is 1.25 bits per heavy atom. The van der Waals surface area contributed by atoms with Crippen molar-refractivity contribution in [2.24, 2.45) is 0 Å². The van der Waals surface area contributed by atoms with E-state index in [4.69, 9.17) is 15.1 Å². The summed E-state index contributed by atoms with van der Waals surface area (Å²) in [7, 11) is -4.78. The van der Waals surface area contributed by atoms with Crippen LogP contribution in [-0.2, 0) is 29.3 Å². The van der Waals surface area contributed by atoms with E-state index in [0.717, 1.165) is 10.8 Å². The largest absolute Gasteiger partial charge is 0.398 e. The van der Waals surface area contributed by atoms with Crippen LogP contribution < -0.4 is 5.73 Å². The maximum absolute atomic E-state index is 12.2. The first-order valence-corrected chi connectivity index (χ1v) is 9.60. The molecule has 10 heteroatoms. The molecular weight excluding hydrogens is 388 g/mol. The van der Waals surface area contributed by atoms with Gasteiger partial charge in [-0.25, -0.2) is 4.79 Å². The highest BCUT2D eigenvalue weighted by molar-refractivity contribution is 7.87. The SMILES string of the molecule is C/C(=C\c1cc2ccccc2cc1N)C(=O)ON1C(=O)CC(S(=O)(=O)O)C1=O. The molecule has 1 aliphatic rings. The van der Waals surface area contributed by atoms with E-state index >= 15 is 0 Å². The lowest BCUT2D eigenvalue weighted by Crippen LogP contribution is -2.36. The molecule has 2 aromatic carbocycles. The zero-order valence-corrected chi connectivity index (χ0v) is 15.5. The standard InChI is InChI=1S/C18H16N2O7S/c1-10(6-13-7-11-4-2-3-5-12(11)8-14(13)19)18(23)27-20-16(21)9-15(17(20)22)28(24,25)26/h2-8,15H,9,19H2,1H3,(H,24,25,26)/b10-6+. The number of hydrogen-bond acceptors (Lipinski definition) is 7. The van der Waals surface area contributed by atoms with Crippen molar-refractivity contribution in [3.8, 4) is 0 Å². The van der Waals surface area contributed by atoms with Gasteiger partial charge in [-0.15, -0.1) is 5.06 Å². The minimum absolute atomic E-state index is 0.0258. The Hall–Kier alpha value is -3.24. The smallest absolute Gasteiger partial charge is 0.359 e. The van der Waals surface area contributed by atoms with E-state index in [1.807, 2.05) is 24.3 Å². The third-order valence-corrected chi connectivity index (χ3v) is 5.33. The molecule has 0 saturated carbocycles. The number of hydroxylamine groups is 2. The van der Waals surface area contributed by atoms with Gasteiger partial charge in [-0.3, -0.25) is 14.1 Å². The summed E-state index contributed by atoms with van der Waals surface area (Å²) in [5.74, 6) is -3.40. The number of carbonyl (C=O) groups is 3. The second-order valence-electron chi connectivity index (χ2n) is 6.27. The summed E-state index contributed by atoms with van der Waals surface area (Å²) in [6, 6.07) is 11.0. The predicted molar refractivity (Wildman–Crippen MR) is 99.9 cm³/mol. The lowest BCUT2D eigenvalue weighted by atomic mass is 10.0. The molecule has 0 aromatic heterocycles. The fourth-order valence-corrected chi connectivity index (χ4v) is 3.46. The fraction of sp³-hybridized carbons (Fsp3) is 0.167. The number of benzene rings is 2. The quantitative estimate of drug-likeness (QED) is 0.336. The van der Waals surface area contributed by atoms with Crippen molar-refractivity contribution in [3.63, 3.8) is 0 Å². The summed E-state index contributed by atoms with van der Waals surface area (Å²) in [6.07, 6.45) is 0.626. The summed E-state index contributed by atoms with van der Waals surface area (Å²) in [5, 5.41) is -0.109. The molecule has 0 aliphatic carbocycles. The number of nitrogens with two attached hydrogens (primary N) is 1. The van der Waals surface area contributed by atoms with E-state index in [0.29, 0.717) is 11.3 Å². The topological polar surface area (TPSA) is 144 Å². The highest BCUT2D eigenvalue weighted by atomic mass is 32.2. The minimum Gasteiger partial charge on any atom is -0.398 e. The van der Waals surface area contributed by atoms with E-state index in [2.05, 4.69) is 0 Å². The number of nitrogens with zero attached hydrogens (tertiary/aromatic N) is 1. The summed E-state index contributed by atoms with van der Waals surface area (Å²) in [5.41, 5.74) is 6.96. The van der Waals surface area contributed by atoms with Crippen molar-refractivity contribution in [3.05, 3.63) is 47.5 Å². The molecule has 1 atom stereocenters. The molecule has 1 saturated heterocycles. The number of carbonyl (C=O) groups excluding carboxylic acids is 3. The first kappa shape index (κ1) is 19.5. The molecule has 0 spiro atoms. The molecule has 0 bridgehead atoms. The zero-order chi connectivity index (χ0) is 20.6. The molecular formula is C18H16N2O7S. The molecule has 1 aliphatic heterocycles. The number of nitrogen functional groups attached to an aromatic ring is 1. The van der Waals surface area contributed by atoms with Gasteiger partial charge in [0.15, 0.2) is 5.25 Å². The Balaban J connectivity index is 1.82. The number of rotatable bonds is 4. The van der Waals surface area contributed by atoms with Crippen LogP contribution in [0.5, 0.6) is 0 Å². The normalized spacial score (nSPS) is 18.0. The molecule has 2 aromatic rings. The molecule has 1 heterocycles. The van der Waals surface area contributed by atoms with Crippen LogP contribution in [0.3, 0.4) is 0 Å². The number of hydrogen-bond donors (Lipinski definition) is 2. The Morgan fingerprint density at radius 3 is 2.43 bits per heavy atom. The molecule has 3 N–H and O–H groups in total. The number of fused-ring (bicyclic) bond motifs is 1. The van der Waals surface area contributed by atoms with Crippen molar-refractivity contribution < 1.29 is 32.2 Å². The van der Waals surface area contributed by atoms with Gasteiger partial charge in [-0.05, 0) is 41.5 Å². The van der Waals surface area contributed by atoms with Crippen LogP contribution in [0, 0.1) is 0 Å². The molecule has 28 heavy (non-hydrogen) atoms. The van der Waals surface area contributed by atoms with Gasteiger partial charge in [0.05, 0.1) is 6.42 Å². The van der Waals surface area contributed by atoms with Crippen molar-refractivity contribution in [2.45, 2.75) is 18.6 Å². The van der Waals surface area contributed by atoms with Gasteiger partial charge >= 0.3 is 5.97 Å². The van der Waals surface area contributed by atoms with Crippen LogP contribution in [0.25, 0.3) is 16.8 Å². The maximum atomic E-state index is 12.2. The third kappa shape index (κ3) is 3.73. The highest BCUT2D eigenvalue weighted by Crippen LogP contribution is 2.25. The van der Waals surface area contributed by atoms with Gasteiger partial charge in [0, 0.05) is 11.3 Å². The van der Waals surface area contributed by atoms with Crippen LogP contribution >= 0.6 is 0 Å². The molecule has 1 unspecified atom stereocenters. The predicted octanol–water partition coefficient (Wildman–Crippen LogP) is 1.30. The fourth-order valence-electron chi connectivity index (χ4n) is 2.76. The Morgan fingerprint density at radius 2 is 1.86 bits per heavy atom. The Labute approximate surface area is 160 Å². The number of imide groups is 1. The van der Waals surface area contributed by atoms with Crippen molar-refractivity contribution >= 4 is 50.4 Å². The highest BCUT2D eigenvalue weighted by Gasteiger charge is 2.48. The van der Waals surface area contributed by atoms with Gasteiger partial charge < -0.3 is 10.6 Å². The molecule has 3 rings (SSSR count). The average molecular weight is 404 g/mol. The van der Waals surface area contributed by atoms with Crippen LogP contribution in [0.15, 0.2) is 42.0 Å². The first-order chi connectivity index (χ1) is 13.1. The van der Waals surface area contributed by atoms with Crippen LogP contribution in [0.2, 0.25) is 0 Å². The summed E-state index contributed by atoms with van der Waals surface area (Å²) < 4.78 is 31.2. The second-order valence-corrected chi connectivity index (χ2v) is 7.87. The van der Waals surface area contributed by atoms with Gasteiger partial charge in [0.25, 0.3) is 21.9 Å². The van der Waals surface area contributed by atoms with E-state index in [9.17, 15) is 22.8 Å². The third-order valence-electron chi connectivity index (χ3n) is 4.24. The van der Waals surface area contributed by atoms with Crippen LogP contribution in [-0.4, -0.2) is 41.1 Å². The lowest BCUT2D eigenvalue weighted by molar-refractivity contribution is -0.194. The Bertz CT molecular complexity index is 1140. The van der Waals surface area contributed by atoms with Crippen molar-refractivity contribution in [1.29, 1.82) is 0 Å². The summed E-state index contributed by atoms with van der Waals surface area (Å²) in [4.78, 5) is 40.7. The van der Waals surface area contributed by atoms with Gasteiger partial charge in [-0.2, -0.15) is 8.42 Å². The first-order valence-electron chi connectivity index (χ1n) is 8.10. The molecule has 146 valence electrons. The monoisotopic (exact) mass is 404 g/mol. The van der Waals surface area contributed by atoms with Gasteiger partial charge in [0.2, 0.25) is 0 Å². The maximum Gasteiger partial charge on any atom is 0.359 e. The van der Waals surface area contributed by atoms with E-state index in [-0.39, 0.29) is 10.6 Å². The van der Waals surface area contributed by atoms with E-state index in [1.54, 1.807) is 12.1 Å².